The molecule has 2 unspecified atom stereocenters. The fourth-order valence-corrected chi connectivity index (χ4v) is 4.69. The molecule has 1 amide bonds. The average Bonchev–Trinajstić information content (AvgIpc) is 2.64. The number of hydrogen-bond donors (Lipinski definition) is 0. The lowest BCUT2D eigenvalue weighted by Gasteiger charge is -2.33. The first kappa shape index (κ1) is 13.7. The van der Waals surface area contributed by atoms with E-state index < -0.39 is 0 Å². The fourth-order valence-electron chi connectivity index (χ4n) is 2.75. The predicted octanol–water partition coefficient (Wildman–Crippen LogP) is 3.44. The number of halogens is 1. The summed E-state index contributed by atoms with van der Waals surface area (Å²) in [4.78, 5) is 14.7. The molecule has 2 atom stereocenters. The zero-order chi connectivity index (χ0) is 12.1. The zero-order valence-corrected chi connectivity index (χ0v) is 12.8. The van der Waals surface area contributed by atoms with Gasteiger partial charge in [-0.2, -0.15) is 0 Å². The molecule has 0 aromatic heterocycles. The quantitative estimate of drug-likeness (QED) is 0.727. The summed E-state index contributed by atoms with van der Waals surface area (Å²) in [5.41, 5.74) is 0. The summed E-state index contributed by atoms with van der Waals surface area (Å²) in [6, 6.07) is 0.438. The van der Waals surface area contributed by atoms with Crippen molar-refractivity contribution in [2.45, 2.75) is 56.2 Å². The molecule has 17 heavy (non-hydrogen) atoms. The third kappa shape index (κ3) is 3.63. The second kappa shape index (κ2) is 7.03. The Kier molecular flexibility index (Phi) is 5.67. The molecular formula is C13H22BrNOS. The first-order chi connectivity index (χ1) is 8.33. The van der Waals surface area contributed by atoms with E-state index in [-0.39, 0.29) is 5.25 Å². The summed E-state index contributed by atoms with van der Waals surface area (Å²) < 4.78 is 0. The highest BCUT2D eigenvalue weighted by Crippen LogP contribution is 2.29. The molecule has 0 aliphatic carbocycles. The Bertz CT molecular complexity index is 256. The SMILES string of the molecule is O=C(C1CCCCS1)N1CCCCCC1CBr. The van der Waals surface area contributed by atoms with Crippen LogP contribution in [0.3, 0.4) is 0 Å². The van der Waals surface area contributed by atoms with Crippen LogP contribution >= 0.6 is 27.7 Å². The molecule has 98 valence electrons. The highest BCUT2D eigenvalue weighted by Gasteiger charge is 2.31. The third-order valence-corrected chi connectivity index (χ3v) is 5.90. The molecular weight excluding hydrogens is 298 g/mol. The van der Waals surface area contributed by atoms with Gasteiger partial charge in [-0.25, -0.2) is 0 Å². The number of hydrogen-bond acceptors (Lipinski definition) is 2. The first-order valence-corrected chi connectivity index (χ1v) is 8.98. The van der Waals surface area contributed by atoms with Crippen molar-refractivity contribution in [3.05, 3.63) is 0 Å². The van der Waals surface area contributed by atoms with Gasteiger partial charge in [0.2, 0.25) is 5.91 Å². The van der Waals surface area contributed by atoms with Crippen molar-refractivity contribution in [3.63, 3.8) is 0 Å². The summed E-state index contributed by atoms with van der Waals surface area (Å²) in [6.45, 7) is 0.978. The maximum absolute atomic E-state index is 12.6. The Balaban J connectivity index is 1.98. The van der Waals surface area contributed by atoms with E-state index in [1.165, 1.54) is 44.3 Å². The maximum Gasteiger partial charge on any atom is 0.235 e. The smallest absolute Gasteiger partial charge is 0.235 e. The van der Waals surface area contributed by atoms with Crippen LogP contribution in [0.4, 0.5) is 0 Å². The lowest BCUT2D eigenvalue weighted by molar-refractivity contribution is -0.132. The normalized spacial score (nSPS) is 31.0. The zero-order valence-electron chi connectivity index (χ0n) is 10.4. The summed E-state index contributed by atoms with van der Waals surface area (Å²) in [5, 5.41) is 1.19. The van der Waals surface area contributed by atoms with Crippen LogP contribution in [-0.2, 0) is 4.79 Å². The van der Waals surface area contributed by atoms with Gasteiger partial charge in [0.1, 0.15) is 0 Å². The number of alkyl halides is 1. The number of thioether (sulfide) groups is 1. The van der Waals surface area contributed by atoms with E-state index in [1.807, 2.05) is 11.8 Å². The molecule has 0 bridgehead atoms. The Morgan fingerprint density at radius 2 is 2.00 bits per heavy atom. The van der Waals surface area contributed by atoms with Gasteiger partial charge in [-0.1, -0.05) is 35.2 Å². The van der Waals surface area contributed by atoms with E-state index in [0.717, 1.165) is 18.3 Å². The van der Waals surface area contributed by atoms with Crippen LogP contribution in [0.15, 0.2) is 0 Å². The minimum Gasteiger partial charge on any atom is -0.338 e. The molecule has 2 rings (SSSR count). The van der Waals surface area contributed by atoms with Crippen molar-refractivity contribution in [3.8, 4) is 0 Å². The second-order valence-corrected chi connectivity index (χ2v) is 7.00. The fraction of sp³-hybridized carbons (Fsp3) is 0.923. The van der Waals surface area contributed by atoms with Crippen molar-refractivity contribution in [2.75, 3.05) is 17.6 Å². The minimum absolute atomic E-state index is 0.253. The molecule has 2 heterocycles. The average molecular weight is 320 g/mol. The Morgan fingerprint density at radius 1 is 1.18 bits per heavy atom. The Morgan fingerprint density at radius 3 is 2.71 bits per heavy atom. The van der Waals surface area contributed by atoms with Crippen LogP contribution in [0.2, 0.25) is 0 Å². The van der Waals surface area contributed by atoms with Gasteiger partial charge in [0.05, 0.1) is 5.25 Å². The van der Waals surface area contributed by atoms with Gasteiger partial charge in [0.15, 0.2) is 0 Å². The molecule has 0 saturated carbocycles. The number of nitrogens with zero attached hydrogens (tertiary/aromatic N) is 1. The molecule has 2 fully saturated rings. The summed E-state index contributed by atoms with van der Waals surface area (Å²) >= 11 is 5.46. The van der Waals surface area contributed by atoms with Crippen molar-refractivity contribution in [1.29, 1.82) is 0 Å². The van der Waals surface area contributed by atoms with Crippen molar-refractivity contribution >= 4 is 33.6 Å². The van der Waals surface area contributed by atoms with E-state index in [1.54, 1.807) is 0 Å². The molecule has 0 spiro atoms. The number of rotatable bonds is 2. The molecule has 0 radical (unpaired) electrons. The number of likely N-dealkylation sites (tertiary alicyclic amines) is 1. The van der Waals surface area contributed by atoms with Gasteiger partial charge < -0.3 is 4.90 Å². The Hall–Kier alpha value is 0.300. The highest BCUT2D eigenvalue weighted by atomic mass is 79.9. The van der Waals surface area contributed by atoms with Gasteiger partial charge in [0.25, 0.3) is 0 Å². The third-order valence-electron chi connectivity index (χ3n) is 3.79. The minimum atomic E-state index is 0.253. The molecule has 2 nitrogen and oxygen atoms in total. The monoisotopic (exact) mass is 319 g/mol. The molecule has 2 saturated heterocycles. The van der Waals surface area contributed by atoms with Crippen LogP contribution in [0.1, 0.15) is 44.9 Å². The van der Waals surface area contributed by atoms with E-state index >= 15 is 0 Å². The highest BCUT2D eigenvalue weighted by molar-refractivity contribution is 9.09. The van der Waals surface area contributed by atoms with Gasteiger partial charge >= 0.3 is 0 Å². The van der Waals surface area contributed by atoms with E-state index in [0.29, 0.717) is 11.9 Å². The van der Waals surface area contributed by atoms with Gasteiger partial charge in [-0.15, -0.1) is 11.8 Å². The van der Waals surface area contributed by atoms with Crippen molar-refractivity contribution in [2.24, 2.45) is 0 Å². The number of carbonyl (C=O) groups is 1. The molecule has 2 aliphatic heterocycles. The van der Waals surface area contributed by atoms with E-state index in [4.69, 9.17) is 0 Å². The van der Waals surface area contributed by atoms with E-state index in [2.05, 4.69) is 20.8 Å². The van der Waals surface area contributed by atoms with Crippen molar-refractivity contribution in [1.82, 2.24) is 4.90 Å². The molecule has 2 aliphatic rings. The summed E-state index contributed by atoms with van der Waals surface area (Å²) in [6.07, 6.45) is 8.53. The lowest BCUT2D eigenvalue weighted by atomic mass is 10.1. The van der Waals surface area contributed by atoms with Gasteiger partial charge in [-0.3, -0.25) is 4.79 Å². The standard InChI is InChI=1S/C13H22BrNOS/c14-10-11-6-2-1-4-8-15(11)13(16)12-7-3-5-9-17-12/h11-12H,1-10H2. The topological polar surface area (TPSA) is 20.3 Å². The summed E-state index contributed by atoms with van der Waals surface area (Å²) in [7, 11) is 0. The largest absolute Gasteiger partial charge is 0.338 e. The maximum atomic E-state index is 12.6. The van der Waals surface area contributed by atoms with Crippen LogP contribution in [0.25, 0.3) is 0 Å². The predicted molar refractivity (Wildman–Crippen MR) is 77.9 cm³/mol. The summed E-state index contributed by atoms with van der Waals surface area (Å²) in [5.74, 6) is 1.59. The Labute approximate surface area is 117 Å². The van der Waals surface area contributed by atoms with Crippen LogP contribution in [0, 0.1) is 0 Å². The van der Waals surface area contributed by atoms with Crippen LogP contribution in [-0.4, -0.2) is 39.7 Å². The van der Waals surface area contributed by atoms with Gasteiger partial charge in [0, 0.05) is 17.9 Å². The van der Waals surface area contributed by atoms with E-state index in [9.17, 15) is 4.79 Å². The molecule has 4 heteroatoms. The molecule has 0 aromatic carbocycles. The van der Waals surface area contributed by atoms with Crippen LogP contribution in [0.5, 0.6) is 0 Å². The second-order valence-electron chi connectivity index (χ2n) is 5.04. The first-order valence-electron chi connectivity index (χ1n) is 6.81. The van der Waals surface area contributed by atoms with Crippen LogP contribution < -0.4 is 0 Å². The lowest BCUT2D eigenvalue weighted by Crippen LogP contribution is -2.45. The number of amides is 1. The molecule has 0 aromatic rings. The van der Waals surface area contributed by atoms with Gasteiger partial charge in [-0.05, 0) is 31.4 Å². The number of carbonyl (C=O) groups excluding carboxylic acids is 1. The van der Waals surface area contributed by atoms with Crippen molar-refractivity contribution < 1.29 is 4.79 Å². The molecule has 0 N–H and O–H groups in total.